The number of carbonyl (C=O) groups is 1. The maximum atomic E-state index is 13.2. The van der Waals surface area contributed by atoms with E-state index in [9.17, 15) is 9.18 Å². The first kappa shape index (κ1) is 17.5. The number of rotatable bonds is 7. The van der Waals surface area contributed by atoms with E-state index in [0.29, 0.717) is 12.2 Å². The SMILES string of the molecule is CC(C)(CO)CCCNC(=O)NNc1ccc(Cl)c(F)c1. The van der Waals surface area contributed by atoms with Crippen LogP contribution >= 0.6 is 11.6 Å². The van der Waals surface area contributed by atoms with Crippen molar-refractivity contribution in [1.82, 2.24) is 10.7 Å². The molecule has 0 aromatic heterocycles. The van der Waals surface area contributed by atoms with Gasteiger partial charge in [-0.15, -0.1) is 0 Å². The molecule has 0 radical (unpaired) electrons. The molecule has 0 bridgehead atoms. The predicted octanol–water partition coefficient (Wildman–Crippen LogP) is 2.90. The molecule has 0 aliphatic heterocycles. The molecule has 1 aromatic carbocycles. The van der Waals surface area contributed by atoms with Crippen LogP contribution in [0.25, 0.3) is 0 Å². The van der Waals surface area contributed by atoms with Gasteiger partial charge >= 0.3 is 6.03 Å². The van der Waals surface area contributed by atoms with E-state index in [1.54, 1.807) is 6.07 Å². The third kappa shape index (κ3) is 6.64. The lowest BCUT2D eigenvalue weighted by Crippen LogP contribution is -2.39. The lowest BCUT2D eigenvalue weighted by molar-refractivity contribution is 0.148. The summed E-state index contributed by atoms with van der Waals surface area (Å²) in [4.78, 5) is 11.5. The van der Waals surface area contributed by atoms with E-state index >= 15 is 0 Å². The lowest BCUT2D eigenvalue weighted by Gasteiger charge is -2.21. The number of hydrazine groups is 1. The minimum Gasteiger partial charge on any atom is -0.396 e. The number of nitrogens with one attached hydrogen (secondary N) is 3. The van der Waals surface area contributed by atoms with Crippen LogP contribution in [0.15, 0.2) is 18.2 Å². The highest BCUT2D eigenvalue weighted by Gasteiger charge is 2.15. The van der Waals surface area contributed by atoms with Gasteiger partial charge < -0.3 is 10.4 Å². The molecule has 0 saturated carbocycles. The highest BCUT2D eigenvalue weighted by Crippen LogP contribution is 2.20. The Balaban J connectivity index is 2.24. The number of hydrogen-bond donors (Lipinski definition) is 4. The molecule has 4 N–H and O–H groups in total. The highest BCUT2D eigenvalue weighted by atomic mass is 35.5. The van der Waals surface area contributed by atoms with Gasteiger partial charge in [-0.3, -0.25) is 10.9 Å². The Kier molecular flexibility index (Phi) is 6.71. The first-order valence-electron chi connectivity index (χ1n) is 6.70. The van der Waals surface area contributed by atoms with Gasteiger partial charge in [0.2, 0.25) is 0 Å². The Bertz CT molecular complexity index is 483. The summed E-state index contributed by atoms with van der Waals surface area (Å²) in [7, 11) is 0. The van der Waals surface area contributed by atoms with Crippen molar-refractivity contribution in [3.8, 4) is 0 Å². The zero-order valence-electron chi connectivity index (χ0n) is 12.2. The molecule has 2 amide bonds. The van der Waals surface area contributed by atoms with Crippen LogP contribution in [-0.4, -0.2) is 24.3 Å². The van der Waals surface area contributed by atoms with Gasteiger partial charge in [0, 0.05) is 19.2 Å². The van der Waals surface area contributed by atoms with E-state index in [1.807, 2.05) is 13.8 Å². The summed E-state index contributed by atoms with van der Waals surface area (Å²) in [6, 6.07) is 3.73. The van der Waals surface area contributed by atoms with Gasteiger partial charge in [0.05, 0.1) is 10.7 Å². The summed E-state index contributed by atoms with van der Waals surface area (Å²) in [5.74, 6) is -0.560. The molecule has 0 aliphatic carbocycles. The van der Waals surface area contributed by atoms with Gasteiger partial charge in [0.15, 0.2) is 0 Å². The molecule has 7 heteroatoms. The number of aliphatic hydroxyl groups excluding tert-OH is 1. The zero-order chi connectivity index (χ0) is 15.9. The average Bonchev–Trinajstić information content (AvgIpc) is 2.45. The molecule has 1 rings (SSSR count). The average molecular weight is 318 g/mol. The predicted molar refractivity (Wildman–Crippen MR) is 81.7 cm³/mol. The third-order valence-corrected chi connectivity index (χ3v) is 3.29. The fourth-order valence-corrected chi connectivity index (χ4v) is 1.71. The number of urea groups is 1. The molecule has 118 valence electrons. The Morgan fingerprint density at radius 1 is 1.43 bits per heavy atom. The fourth-order valence-electron chi connectivity index (χ4n) is 1.59. The Hall–Kier alpha value is -1.53. The second-order valence-corrected chi connectivity index (χ2v) is 5.97. The molecule has 0 fully saturated rings. The number of carbonyl (C=O) groups excluding carboxylic acids is 1. The molecule has 0 aliphatic rings. The number of hydrogen-bond acceptors (Lipinski definition) is 3. The zero-order valence-corrected chi connectivity index (χ0v) is 12.9. The van der Waals surface area contributed by atoms with Crippen LogP contribution in [0.5, 0.6) is 0 Å². The van der Waals surface area contributed by atoms with E-state index in [1.165, 1.54) is 12.1 Å². The van der Waals surface area contributed by atoms with Crippen molar-refractivity contribution in [2.75, 3.05) is 18.6 Å². The number of anilines is 1. The topological polar surface area (TPSA) is 73.4 Å². The summed E-state index contributed by atoms with van der Waals surface area (Å²) < 4.78 is 13.2. The van der Waals surface area contributed by atoms with Crippen LogP contribution in [0, 0.1) is 11.2 Å². The molecule has 0 spiro atoms. The first-order valence-corrected chi connectivity index (χ1v) is 7.07. The molecule has 0 saturated heterocycles. The van der Waals surface area contributed by atoms with Crippen LogP contribution in [0.3, 0.4) is 0 Å². The smallest absolute Gasteiger partial charge is 0.333 e. The second kappa shape index (κ2) is 8.05. The molecule has 5 nitrogen and oxygen atoms in total. The number of benzene rings is 1. The summed E-state index contributed by atoms with van der Waals surface area (Å²) in [5, 5.41) is 11.8. The van der Waals surface area contributed by atoms with Crippen molar-refractivity contribution < 1.29 is 14.3 Å². The minimum absolute atomic E-state index is 0.0245. The van der Waals surface area contributed by atoms with Crippen LogP contribution in [0.2, 0.25) is 5.02 Å². The molecule has 0 heterocycles. The Morgan fingerprint density at radius 2 is 2.14 bits per heavy atom. The van der Waals surface area contributed by atoms with Gasteiger partial charge in [-0.2, -0.15) is 0 Å². The molecular formula is C14H21ClFN3O2. The molecule has 0 atom stereocenters. The molecule has 1 aromatic rings. The maximum Gasteiger partial charge on any atom is 0.333 e. The van der Waals surface area contributed by atoms with Gasteiger partial charge in [-0.25, -0.2) is 9.18 Å². The fraction of sp³-hybridized carbons (Fsp3) is 0.500. The van der Waals surface area contributed by atoms with Crippen molar-refractivity contribution in [2.45, 2.75) is 26.7 Å². The standard InChI is InChI=1S/C14H21ClFN3O2/c1-14(2,9-20)6-3-7-17-13(21)19-18-10-4-5-11(15)12(16)8-10/h4-5,8,18,20H,3,6-7,9H2,1-2H3,(H2,17,19,21). The lowest BCUT2D eigenvalue weighted by atomic mass is 9.89. The van der Waals surface area contributed by atoms with Gasteiger partial charge in [0.25, 0.3) is 0 Å². The largest absolute Gasteiger partial charge is 0.396 e. The van der Waals surface area contributed by atoms with Gasteiger partial charge in [-0.1, -0.05) is 25.4 Å². The van der Waals surface area contributed by atoms with Crippen molar-refractivity contribution >= 4 is 23.3 Å². The van der Waals surface area contributed by atoms with Crippen LogP contribution in [0.4, 0.5) is 14.9 Å². The van der Waals surface area contributed by atoms with Gasteiger partial charge in [-0.05, 0) is 30.4 Å². The molecule has 0 unspecified atom stereocenters. The number of halogens is 2. The monoisotopic (exact) mass is 317 g/mol. The Morgan fingerprint density at radius 3 is 2.76 bits per heavy atom. The van der Waals surface area contributed by atoms with Crippen molar-refractivity contribution in [1.29, 1.82) is 0 Å². The van der Waals surface area contributed by atoms with E-state index in [-0.39, 0.29) is 17.0 Å². The summed E-state index contributed by atoms with van der Waals surface area (Å²) >= 11 is 5.56. The van der Waals surface area contributed by atoms with E-state index < -0.39 is 11.8 Å². The van der Waals surface area contributed by atoms with Crippen molar-refractivity contribution in [3.63, 3.8) is 0 Å². The normalized spacial score (nSPS) is 11.1. The first-order chi connectivity index (χ1) is 9.84. The Labute approximate surface area is 128 Å². The van der Waals surface area contributed by atoms with E-state index in [2.05, 4.69) is 16.2 Å². The molecular weight excluding hydrogens is 297 g/mol. The summed E-state index contributed by atoms with van der Waals surface area (Å²) in [6.07, 6.45) is 1.57. The molecule has 21 heavy (non-hydrogen) atoms. The minimum atomic E-state index is -0.560. The summed E-state index contributed by atoms with van der Waals surface area (Å²) in [6.45, 7) is 4.53. The van der Waals surface area contributed by atoms with E-state index in [0.717, 1.165) is 12.8 Å². The van der Waals surface area contributed by atoms with Crippen molar-refractivity contribution in [3.05, 3.63) is 29.0 Å². The highest BCUT2D eigenvalue weighted by molar-refractivity contribution is 6.30. The second-order valence-electron chi connectivity index (χ2n) is 5.56. The quantitative estimate of drug-likeness (QED) is 0.461. The number of amides is 2. The maximum absolute atomic E-state index is 13.2. The van der Waals surface area contributed by atoms with Crippen LogP contribution < -0.4 is 16.2 Å². The summed E-state index contributed by atoms with van der Waals surface area (Å²) in [5.41, 5.74) is 5.23. The van der Waals surface area contributed by atoms with Crippen LogP contribution in [-0.2, 0) is 0 Å². The van der Waals surface area contributed by atoms with E-state index in [4.69, 9.17) is 16.7 Å². The third-order valence-electron chi connectivity index (χ3n) is 2.98. The number of aliphatic hydroxyl groups is 1. The van der Waals surface area contributed by atoms with Gasteiger partial charge in [0.1, 0.15) is 5.82 Å². The van der Waals surface area contributed by atoms with Crippen LogP contribution in [0.1, 0.15) is 26.7 Å². The van der Waals surface area contributed by atoms with Crippen molar-refractivity contribution in [2.24, 2.45) is 5.41 Å².